The quantitative estimate of drug-likeness (QED) is 0.649. The van der Waals surface area contributed by atoms with E-state index in [1.54, 1.807) is 7.11 Å². The van der Waals surface area contributed by atoms with Gasteiger partial charge in [0.2, 0.25) is 12.0 Å². The summed E-state index contributed by atoms with van der Waals surface area (Å²) < 4.78 is 10.2. The Balaban J connectivity index is 2.17. The van der Waals surface area contributed by atoms with Crippen LogP contribution in [-0.4, -0.2) is 36.6 Å². The average Bonchev–Trinajstić information content (AvgIpc) is 2.65. The molecule has 0 fully saturated rings. The first-order valence-corrected chi connectivity index (χ1v) is 4.39. The maximum absolute atomic E-state index is 5.50. The van der Waals surface area contributed by atoms with Crippen LogP contribution in [0.25, 0.3) is 0 Å². The number of aromatic nitrogens is 2. The molecule has 0 saturated heterocycles. The fraction of sp³-hybridized carbons (Fsp3) is 0.375. The van der Waals surface area contributed by atoms with E-state index in [1.165, 1.54) is 6.34 Å². The number of nitrogens with one attached hydrogen (secondary N) is 1. The Morgan fingerprint density at radius 2 is 2.33 bits per heavy atom. The number of methoxy groups -OCH3 is 1. The van der Waals surface area contributed by atoms with E-state index in [-0.39, 0.29) is 5.95 Å². The number of rotatable bonds is 4. The molecule has 2 rings (SSSR count). The van der Waals surface area contributed by atoms with Crippen LogP contribution in [0.4, 0.5) is 17.5 Å². The van der Waals surface area contributed by atoms with Crippen LogP contribution in [0.1, 0.15) is 0 Å². The van der Waals surface area contributed by atoms with Gasteiger partial charge in [0, 0.05) is 7.11 Å². The van der Waals surface area contributed by atoms with Crippen molar-refractivity contribution in [2.24, 2.45) is 0 Å². The minimum Gasteiger partial charge on any atom is -0.472 e. The second kappa shape index (κ2) is 4.09. The first-order valence-electron chi connectivity index (χ1n) is 4.39. The number of nitrogens with two attached hydrogens (primary N) is 1. The molecular formula is C8H11N5O2+. The number of hydrogen-bond donors (Lipinski definition) is 2. The molecule has 1 aromatic rings. The van der Waals surface area contributed by atoms with Gasteiger partial charge >= 0.3 is 11.8 Å². The molecule has 1 aliphatic heterocycles. The van der Waals surface area contributed by atoms with E-state index in [0.29, 0.717) is 30.6 Å². The van der Waals surface area contributed by atoms with Crippen LogP contribution in [0.5, 0.6) is 5.88 Å². The number of ether oxygens (including phenoxy) is 2. The number of hydrogen-bond acceptors (Lipinski definition) is 7. The summed E-state index contributed by atoms with van der Waals surface area (Å²) >= 11 is 0. The summed E-state index contributed by atoms with van der Waals surface area (Å²) in [5.41, 5.74) is 6.14. The first-order chi connectivity index (χ1) is 7.31. The van der Waals surface area contributed by atoms with Gasteiger partial charge < -0.3 is 15.2 Å². The lowest BCUT2D eigenvalue weighted by molar-refractivity contribution is 0.144. The Labute approximate surface area is 86.3 Å². The highest BCUT2D eigenvalue weighted by atomic mass is 16.5. The molecule has 7 heteroatoms. The van der Waals surface area contributed by atoms with Gasteiger partial charge in [-0.05, 0) is 0 Å². The van der Waals surface area contributed by atoms with Gasteiger partial charge in [-0.1, -0.05) is 9.98 Å². The number of nitrogen functional groups attached to an aromatic ring is 1. The smallest absolute Gasteiger partial charge is 0.345 e. The van der Waals surface area contributed by atoms with Crippen molar-refractivity contribution in [3.8, 4) is 5.88 Å². The van der Waals surface area contributed by atoms with E-state index in [4.69, 9.17) is 15.2 Å². The zero-order valence-corrected chi connectivity index (χ0v) is 8.23. The van der Waals surface area contributed by atoms with Crippen molar-refractivity contribution in [1.82, 2.24) is 15.0 Å². The number of fused-ring (bicyclic) bond motifs is 1. The normalized spacial score (nSPS) is 12.3. The standard InChI is InChI=1S/C8H11N5O2/c1-14-2-3-15-7-5-6(11-4-10-5)12-8(9)13-7/h4,10H,2-3H2,1H3,(H2,9,12,13)/q+1. The van der Waals surface area contributed by atoms with Crippen molar-refractivity contribution >= 4 is 23.8 Å². The summed E-state index contributed by atoms with van der Waals surface area (Å²) in [6.07, 6.45) is 1.52. The maximum Gasteiger partial charge on any atom is 0.345 e. The third-order valence-corrected chi connectivity index (χ3v) is 1.80. The molecule has 0 unspecified atom stereocenters. The first kappa shape index (κ1) is 9.66. The van der Waals surface area contributed by atoms with E-state index in [2.05, 4.69) is 20.3 Å². The summed E-state index contributed by atoms with van der Waals surface area (Å²) in [6, 6.07) is 0. The minimum absolute atomic E-state index is 0.141. The Bertz CT molecular complexity index is 393. The number of nitrogens with zero attached hydrogens (tertiary/aromatic N) is 3. The topological polar surface area (TPSA) is 96.4 Å². The SMILES string of the molecule is COCCOc1nc(N)nc2c1NC=[N+]2. The molecule has 15 heavy (non-hydrogen) atoms. The third-order valence-electron chi connectivity index (χ3n) is 1.80. The number of anilines is 2. The van der Waals surface area contributed by atoms with Gasteiger partial charge in [0.05, 0.1) is 6.61 Å². The minimum atomic E-state index is 0.141. The molecule has 0 saturated carbocycles. The van der Waals surface area contributed by atoms with Crippen molar-refractivity contribution < 1.29 is 9.47 Å². The molecule has 0 amide bonds. The van der Waals surface area contributed by atoms with Crippen molar-refractivity contribution in [3.05, 3.63) is 0 Å². The van der Waals surface area contributed by atoms with Crippen molar-refractivity contribution in [3.63, 3.8) is 0 Å². The van der Waals surface area contributed by atoms with Crippen LogP contribution in [-0.2, 0) is 4.74 Å². The lowest BCUT2D eigenvalue weighted by Crippen LogP contribution is -2.08. The average molecular weight is 209 g/mol. The highest BCUT2D eigenvalue weighted by Crippen LogP contribution is 2.30. The van der Waals surface area contributed by atoms with Gasteiger partial charge in [0.25, 0.3) is 5.88 Å². The third kappa shape index (κ3) is 1.96. The van der Waals surface area contributed by atoms with Crippen LogP contribution < -0.4 is 20.8 Å². The van der Waals surface area contributed by atoms with Crippen LogP contribution in [0.3, 0.4) is 0 Å². The molecule has 0 spiro atoms. The van der Waals surface area contributed by atoms with E-state index in [1.807, 2.05) is 0 Å². The van der Waals surface area contributed by atoms with Crippen LogP contribution in [0.15, 0.2) is 0 Å². The zero-order valence-electron chi connectivity index (χ0n) is 8.23. The molecule has 0 aromatic carbocycles. The van der Waals surface area contributed by atoms with Gasteiger partial charge in [-0.25, -0.2) is 0 Å². The van der Waals surface area contributed by atoms with Crippen LogP contribution in [0.2, 0.25) is 0 Å². The molecule has 0 bridgehead atoms. The van der Waals surface area contributed by atoms with Gasteiger partial charge in [-0.15, -0.1) is 0 Å². The number of aliphatic imine (C=N–C) groups is 1. The van der Waals surface area contributed by atoms with E-state index in [0.717, 1.165) is 0 Å². The molecular weight excluding hydrogens is 198 g/mol. The lowest BCUT2D eigenvalue weighted by Gasteiger charge is -2.04. The van der Waals surface area contributed by atoms with Crippen molar-refractivity contribution in [1.29, 1.82) is 0 Å². The molecule has 0 atom stereocenters. The molecule has 7 nitrogen and oxygen atoms in total. The molecule has 0 aliphatic carbocycles. The lowest BCUT2D eigenvalue weighted by atomic mass is 10.4. The summed E-state index contributed by atoms with van der Waals surface area (Å²) in [6.45, 7) is 0.889. The summed E-state index contributed by atoms with van der Waals surface area (Å²) in [4.78, 5) is 11.9. The van der Waals surface area contributed by atoms with Crippen molar-refractivity contribution in [2.45, 2.75) is 0 Å². The Morgan fingerprint density at radius 1 is 1.47 bits per heavy atom. The fourth-order valence-electron chi connectivity index (χ4n) is 1.15. The van der Waals surface area contributed by atoms with Gasteiger partial charge in [-0.3, -0.25) is 5.32 Å². The fourth-order valence-corrected chi connectivity index (χ4v) is 1.15. The van der Waals surface area contributed by atoms with E-state index >= 15 is 0 Å². The highest BCUT2D eigenvalue weighted by molar-refractivity contribution is 5.90. The molecule has 2 heterocycles. The summed E-state index contributed by atoms with van der Waals surface area (Å²) in [5.74, 6) is 1.03. The van der Waals surface area contributed by atoms with Crippen molar-refractivity contribution in [2.75, 3.05) is 31.4 Å². The van der Waals surface area contributed by atoms with Gasteiger partial charge in [0.1, 0.15) is 6.61 Å². The predicted molar refractivity (Wildman–Crippen MR) is 55.3 cm³/mol. The van der Waals surface area contributed by atoms with Crippen LogP contribution in [0, 0.1) is 0 Å². The maximum atomic E-state index is 5.50. The van der Waals surface area contributed by atoms with Gasteiger partial charge in [0.15, 0.2) is 0 Å². The van der Waals surface area contributed by atoms with Crippen LogP contribution >= 0.6 is 0 Å². The second-order valence-electron chi connectivity index (χ2n) is 2.83. The summed E-state index contributed by atoms with van der Waals surface area (Å²) in [7, 11) is 1.60. The molecule has 79 valence electrons. The zero-order chi connectivity index (χ0) is 10.7. The highest BCUT2D eigenvalue weighted by Gasteiger charge is 2.25. The van der Waals surface area contributed by atoms with E-state index in [9.17, 15) is 0 Å². The molecule has 1 radical (unpaired) electrons. The van der Waals surface area contributed by atoms with E-state index < -0.39 is 0 Å². The molecule has 1 aliphatic rings. The Morgan fingerprint density at radius 3 is 3.13 bits per heavy atom. The summed E-state index contributed by atoms with van der Waals surface area (Å²) in [5, 5.41) is 2.88. The monoisotopic (exact) mass is 209 g/mol. The largest absolute Gasteiger partial charge is 0.472 e. The molecule has 3 N–H and O–H groups in total. The predicted octanol–water partition coefficient (Wildman–Crippen LogP) is -0.495. The Kier molecular flexibility index (Phi) is 2.64. The Hall–Kier alpha value is -1.89. The second-order valence-corrected chi connectivity index (χ2v) is 2.83. The molecule has 1 aromatic heterocycles. The van der Waals surface area contributed by atoms with Gasteiger partial charge in [-0.2, -0.15) is 4.98 Å².